The van der Waals surface area contributed by atoms with Crippen LogP contribution in [0.4, 0.5) is 0 Å². The highest BCUT2D eigenvalue weighted by Gasteiger charge is 2.07. The highest BCUT2D eigenvalue weighted by atomic mass is 16.5. The monoisotopic (exact) mass is 295 g/mol. The van der Waals surface area contributed by atoms with Crippen molar-refractivity contribution in [3.8, 4) is 11.5 Å². The molecule has 1 aromatic carbocycles. The lowest BCUT2D eigenvalue weighted by atomic mass is 10.2. The molecule has 21 heavy (non-hydrogen) atoms. The molecule has 0 heterocycles. The second kappa shape index (κ2) is 10.5. The fraction of sp³-hybridized carbons (Fsp3) is 0.647. The lowest BCUT2D eigenvalue weighted by molar-refractivity contribution is 0.108. The standard InChI is InChI=1S/C17H29NO3/c1-5-19-9-10-21-16-8-7-15(11-17(16)20-6-2)13-18-12-14(3)4/h7-8,11,14,18H,5-6,9-10,12-13H2,1-4H3. The molecule has 0 aromatic heterocycles. The molecule has 0 radical (unpaired) electrons. The first-order valence-corrected chi connectivity index (χ1v) is 7.84. The van der Waals surface area contributed by atoms with Crippen molar-refractivity contribution in [1.29, 1.82) is 0 Å². The van der Waals surface area contributed by atoms with Crippen LogP contribution < -0.4 is 14.8 Å². The molecule has 1 N–H and O–H groups in total. The summed E-state index contributed by atoms with van der Waals surface area (Å²) in [6.07, 6.45) is 0. The molecule has 0 aliphatic heterocycles. The molecule has 0 saturated carbocycles. The van der Waals surface area contributed by atoms with E-state index in [9.17, 15) is 0 Å². The Kier molecular flexibility index (Phi) is 8.87. The molecule has 0 fully saturated rings. The summed E-state index contributed by atoms with van der Waals surface area (Å²) in [7, 11) is 0. The molecule has 0 aliphatic rings. The summed E-state index contributed by atoms with van der Waals surface area (Å²) >= 11 is 0. The first kappa shape index (κ1) is 17.8. The van der Waals surface area contributed by atoms with Gasteiger partial charge < -0.3 is 19.5 Å². The zero-order chi connectivity index (χ0) is 15.5. The van der Waals surface area contributed by atoms with Gasteiger partial charge in [0, 0.05) is 13.2 Å². The van der Waals surface area contributed by atoms with Crippen LogP contribution in [0, 0.1) is 5.92 Å². The van der Waals surface area contributed by atoms with Crippen molar-refractivity contribution in [2.45, 2.75) is 34.2 Å². The third kappa shape index (κ3) is 7.34. The summed E-state index contributed by atoms with van der Waals surface area (Å²) in [6, 6.07) is 6.10. The summed E-state index contributed by atoms with van der Waals surface area (Å²) in [4.78, 5) is 0. The van der Waals surface area contributed by atoms with Gasteiger partial charge in [-0.3, -0.25) is 0 Å². The van der Waals surface area contributed by atoms with Gasteiger partial charge in [0.1, 0.15) is 6.61 Å². The Morgan fingerprint density at radius 3 is 2.48 bits per heavy atom. The molecule has 0 atom stereocenters. The third-order valence-corrected chi connectivity index (χ3v) is 2.88. The van der Waals surface area contributed by atoms with Crippen molar-refractivity contribution in [2.75, 3.05) is 33.0 Å². The third-order valence-electron chi connectivity index (χ3n) is 2.88. The van der Waals surface area contributed by atoms with E-state index < -0.39 is 0 Å². The minimum atomic E-state index is 0.541. The van der Waals surface area contributed by atoms with Gasteiger partial charge in [0.2, 0.25) is 0 Å². The maximum atomic E-state index is 5.72. The molecule has 0 saturated heterocycles. The van der Waals surface area contributed by atoms with Gasteiger partial charge in [-0.05, 0) is 44.0 Å². The van der Waals surface area contributed by atoms with Crippen molar-refractivity contribution >= 4 is 0 Å². The van der Waals surface area contributed by atoms with Gasteiger partial charge in [0.25, 0.3) is 0 Å². The molecule has 0 spiro atoms. The highest BCUT2D eigenvalue weighted by Crippen LogP contribution is 2.28. The number of nitrogens with one attached hydrogen (secondary N) is 1. The second-order valence-corrected chi connectivity index (χ2v) is 5.28. The Morgan fingerprint density at radius 1 is 1.00 bits per heavy atom. The molecule has 4 heteroatoms. The topological polar surface area (TPSA) is 39.7 Å². The largest absolute Gasteiger partial charge is 0.490 e. The van der Waals surface area contributed by atoms with Crippen LogP contribution in [0.2, 0.25) is 0 Å². The minimum absolute atomic E-state index is 0.541. The van der Waals surface area contributed by atoms with Crippen LogP contribution >= 0.6 is 0 Å². The van der Waals surface area contributed by atoms with Crippen LogP contribution in [-0.4, -0.2) is 33.0 Å². The summed E-state index contributed by atoms with van der Waals surface area (Å²) in [5.74, 6) is 2.24. The van der Waals surface area contributed by atoms with E-state index in [4.69, 9.17) is 14.2 Å². The van der Waals surface area contributed by atoms with E-state index >= 15 is 0 Å². The van der Waals surface area contributed by atoms with Crippen molar-refractivity contribution in [2.24, 2.45) is 5.92 Å². The Morgan fingerprint density at radius 2 is 1.81 bits per heavy atom. The number of rotatable bonds is 11. The number of hydrogen-bond donors (Lipinski definition) is 1. The molecular weight excluding hydrogens is 266 g/mol. The van der Waals surface area contributed by atoms with Crippen molar-refractivity contribution in [3.05, 3.63) is 23.8 Å². The van der Waals surface area contributed by atoms with Gasteiger partial charge in [0.15, 0.2) is 11.5 Å². The Hall–Kier alpha value is -1.26. The van der Waals surface area contributed by atoms with E-state index in [1.54, 1.807) is 0 Å². The molecule has 0 aliphatic carbocycles. The smallest absolute Gasteiger partial charge is 0.161 e. The quantitative estimate of drug-likeness (QED) is 0.636. The van der Waals surface area contributed by atoms with E-state index in [-0.39, 0.29) is 0 Å². The number of hydrogen-bond acceptors (Lipinski definition) is 4. The molecule has 0 unspecified atom stereocenters. The van der Waals surface area contributed by atoms with E-state index in [0.717, 1.165) is 24.6 Å². The maximum absolute atomic E-state index is 5.72. The first-order chi connectivity index (χ1) is 10.2. The zero-order valence-corrected chi connectivity index (χ0v) is 13.8. The predicted octanol–water partition coefficient (Wildman–Crippen LogP) is 3.25. The molecule has 1 rings (SSSR count). The van der Waals surface area contributed by atoms with Crippen molar-refractivity contribution < 1.29 is 14.2 Å². The summed E-state index contributed by atoms with van der Waals surface area (Å²) in [6.45, 7) is 12.7. The Labute approximate surface area is 128 Å². The molecule has 1 aromatic rings. The van der Waals surface area contributed by atoms with Crippen LogP contribution in [-0.2, 0) is 11.3 Å². The van der Waals surface area contributed by atoms with Crippen molar-refractivity contribution in [3.63, 3.8) is 0 Å². The molecule has 0 bridgehead atoms. The molecule has 120 valence electrons. The average molecular weight is 295 g/mol. The van der Waals surface area contributed by atoms with Gasteiger partial charge in [-0.25, -0.2) is 0 Å². The van der Waals surface area contributed by atoms with Crippen LogP contribution in [0.3, 0.4) is 0 Å². The normalized spacial score (nSPS) is 10.9. The van der Waals surface area contributed by atoms with Gasteiger partial charge in [-0.2, -0.15) is 0 Å². The van der Waals surface area contributed by atoms with E-state index in [1.807, 2.05) is 26.0 Å². The Bertz CT molecular complexity index is 394. The van der Waals surface area contributed by atoms with E-state index in [1.165, 1.54) is 5.56 Å². The Balaban J connectivity index is 2.58. The zero-order valence-electron chi connectivity index (χ0n) is 13.8. The van der Waals surface area contributed by atoms with Gasteiger partial charge in [-0.15, -0.1) is 0 Å². The second-order valence-electron chi connectivity index (χ2n) is 5.28. The number of ether oxygens (including phenoxy) is 3. The minimum Gasteiger partial charge on any atom is -0.490 e. The van der Waals surface area contributed by atoms with Gasteiger partial charge in [-0.1, -0.05) is 19.9 Å². The van der Waals surface area contributed by atoms with Gasteiger partial charge >= 0.3 is 0 Å². The first-order valence-electron chi connectivity index (χ1n) is 7.84. The summed E-state index contributed by atoms with van der Waals surface area (Å²) in [5, 5.41) is 3.43. The lowest BCUT2D eigenvalue weighted by Gasteiger charge is -2.14. The molecule has 0 amide bonds. The van der Waals surface area contributed by atoms with E-state index in [2.05, 4.69) is 25.2 Å². The fourth-order valence-electron chi connectivity index (χ4n) is 1.91. The van der Waals surface area contributed by atoms with Crippen LogP contribution in [0.25, 0.3) is 0 Å². The lowest BCUT2D eigenvalue weighted by Crippen LogP contribution is -2.19. The van der Waals surface area contributed by atoms with E-state index in [0.29, 0.717) is 32.3 Å². The summed E-state index contributed by atoms with van der Waals surface area (Å²) in [5.41, 5.74) is 1.20. The number of benzene rings is 1. The fourth-order valence-corrected chi connectivity index (χ4v) is 1.91. The van der Waals surface area contributed by atoms with Crippen LogP contribution in [0.5, 0.6) is 11.5 Å². The SMILES string of the molecule is CCOCCOc1ccc(CNCC(C)C)cc1OCC. The maximum Gasteiger partial charge on any atom is 0.161 e. The predicted molar refractivity (Wildman–Crippen MR) is 86.1 cm³/mol. The van der Waals surface area contributed by atoms with Crippen LogP contribution in [0.15, 0.2) is 18.2 Å². The average Bonchev–Trinajstić information content (AvgIpc) is 2.45. The summed E-state index contributed by atoms with van der Waals surface area (Å²) < 4.78 is 16.7. The highest BCUT2D eigenvalue weighted by molar-refractivity contribution is 5.43. The van der Waals surface area contributed by atoms with Crippen molar-refractivity contribution in [1.82, 2.24) is 5.32 Å². The molecule has 4 nitrogen and oxygen atoms in total. The van der Waals surface area contributed by atoms with Gasteiger partial charge in [0.05, 0.1) is 13.2 Å². The van der Waals surface area contributed by atoms with Crippen LogP contribution in [0.1, 0.15) is 33.3 Å². The molecular formula is C17H29NO3.